The van der Waals surface area contributed by atoms with Gasteiger partial charge in [-0.1, -0.05) is 18.2 Å². The number of likely N-dealkylation sites (tertiary alicyclic amines) is 1. The molecule has 1 N–H and O–H groups in total. The van der Waals surface area contributed by atoms with Crippen LogP contribution in [0, 0.1) is 5.92 Å². The summed E-state index contributed by atoms with van der Waals surface area (Å²) >= 11 is 0. The minimum absolute atomic E-state index is 0.0464. The Labute approximate surface area is 158 Å². The van der Waals surface area contributed by atoms with Crippen LogP contribution in [0.1, 0.15) is 46.0 Å². The molecule has 3 rings (SSSR count). The Hall–Kier alpha value is -1.81. The smallest absolute Gasteiger partial charge is 0.152 e. The second-order valence-corrected chi connectivity index (χ2v) is 7.81. The highest BCUT2D eigenvalue weighted by Gasteiger charge is 2.22. The lowest BCUT2D eigenvalue weighted by Crippen LogP contribution is -2.39. The molecule has 4 nitrogen and oxygen atoms in total. The maximum atomic E-state index is 6.00. The van der Waals surface area contributed by atoms with E-state index in [1.807, 2.05) is 18.5 Å². The van der Waals surface area contributed by atoms with Crippen molar-refractivity contribution in [1.29, 1.82) is 0 Å². The predicted octanol–water partition coefficient (Wildman–Crippen LogP) is 4.19. The first-order valence-corrected chi connectivity index (χ1v) is 10.0. The van der Waals surface area contributed by atoms with Gasteiger partial charge in [-0.15, -0.1) is 6.58 Å². The Morgan fingerprint density at radius 1 is 1.38 bits per heavy atom. The number of hydrogen-bond acceptors (Lipinski definition) is 4. The van der Waals surface area contributed by atoms with E-state index >= 15 is 0 Å². The van der Waals surface area contributed by atoms with Gasteiger partial charge in [-0.2, -0.15) is 0 Å². The summed E-state index contributed by atoms with van der Waals surface area (Å²) in [7, 11) is 0. The number of nitrogens with one attached hydrogen (secondary N) is 1. The maximum Gasteiger partial charge on any atom is 0.152 e. The molecule has 0 aromatic carbocycles. The summed E-state index contributed by atoms with van der Waals surface area (Å²) < 4.78 is 6.00. The number of ether oxygens (including phenoxy) is 1. The lowest BCUT2D eigenvalue weighted by Gasteiger charge is -2.34. The number of aliphatic imine (C=N–C) groups is 1. The first kappa shape index (κ1) is 19.0. The average Bonchev–Trinajstić information content (AvgIpc) is 2.67. The molecule has 0 aromatic heterocycles. The van der Waals surface area contributed by atoms with Gasteiger partial charge in [0.25, 0.3) is 0 Å². The minimum atomic E-state index is 0.0464. The van der Waals surface area contributed by atoms with Crippen LogP contribution in [0.4, 0.5) is 0 Å². The normalized spacial score (nSPS) is 24.6. The first-order chi connectivity index (χ1) is 12.7. The standard InChI is InChI=1S/C22H33N3O/c1-4-6-18-7-5-8-20(13-18)22-23-14-21(15-24-22)26-16-19-9-11-25(12-10-19)17(2)3/h4,7,13-15,17,19,22-23H,1,5-6,8-12,16H2,2-3H3. The molecule has 0 bridgehead atoms. The number of nitrogens with zero attached hydrogens (tertiary/aromatic N) is 2. The fraction of sp³-hybridized carbons (Fsp3) is 0.591. The molecule has 0 aromatic rings. The second-order valence-electron chi connectivity index (χ2n) is 7.81. The van der Waals surface area contributed by atoms with Gasteiger partial charge in [-0.25, -0.2) is 0 Å². The van der Waals surface area contributed by atoms with Gasteiger partial charge in [0.2, 0.25) is 0 Å². The van der Waals surface area contributed by atoms with Crippen LogP contribution in [0.25, 0.3) is 0 Å². The van der Waals surface area contributed by atoms with Gasteiger partial charge in [0.1, 0.15) is 6.17 Å². The molecule has 1 aliphatic carbocycles. The zero-order valence-electron chi connectivity index (χ0n) is 16.3. The Morgan fingerprint density at radius 3 is 2.85 bits per heavy atom. The average molecular weight is 356 g/mol. The van der Waals surface area contributed by atoms with Crippen molar-refractivity contribution >= 4 is 6.21 Å². The Bertz CT molecular complexity index is 607. The SMILES string of the molecule is C=CCC1=CCCC(C2N=CC(OCC3CCN(C(C)C)CC3)=CN2)=C1. The van der Waals surface area contributed by atoms with Crippen LogP contribution in [-0.4, -0.2) is 43.0 Å². The second kappa shape index (κ2) is 9.22. The van der Waals surface area contributed by atoms with E-state index in [9.17, 15) is 0 Å². The Kier molecular flexibility index (Phi) is 6.73. The van der Waals surface area contributed by atoms with Crippen LogP contribution >= 0.6 is 0 Å². The zero-order valence-corrected chi connectivity index (χ0v) is 16.3. The predicted molar refractivity (Wildman–Crippen MR) is 109 cm³/mol. The van der Waals surface area contributed by atoms with Crippen molar-refractivity contribution in [3.05, 3.63) is 47.9 Å². The third-order valence-corrected chi connectivity index (χ3v) is 5.54. The monoisotopic (exact) mass is 355 g/mol. The third-order valence-electron chi connectivity index (χ3n) is 5.54. The van der Waals surface area contributed by atoms with Gasteiger partial charge in [0.15, 0.2) is 5.76 Å². The molecule has 2 heterocycles. The van der Waals surface area contributed by atoms with Crippen molar-refractivity contribution in [1.82, 2.24) is 10.2 Å². The lowest BCUT2D eigenvalue weighted by molar-refractivity contribution is 0.0979. The van der Waals surface area contributed by atoms with E-state index in [0.717, 1.165) is 31.6 Å². The quantitative estimate of drug-likeness (QED) is 0.696. The molecule has 1 atom stereocenters. The van der Waals surface area contributed by atoms with Crippen molar-refractivity contribution in [2.75, 3.05) is 19.7 Å². The highest BCUT2D eigenvalue weighted by Crippen LogP contribution is 2.24. The summed E-state index contributed by atoms with van der Waals surface area (Å²) in [6.45, 7) is 11.6. The van der Waals surface area contributed by atoms with Crippen LogP contribution in [-0.2, 0) is 4.74 Å². The Balaban J connectivity index is 1.44. The lowest BCUT2D eigenvalue weighted by atomic mass is 9.95. The van der Waals surface area contributed by atoms with E-state index < -0.39 is 0 Å². The molecule has 0 saturated carbocycles. The molecule has 142 valence electrons. The largest absolute Gasteiger partial charge is 0.490 e. The van der Waals surface area contributed by atoms with E-state index in [-0.39, 0.29) is 6.17 Å². The minimum Gasteiger partial charge on any atom is -0.490 e. The summed E-state index contributed by atoms with van der Waals surface area (Å²) in [5, 5.41) is 3.40. The molecule has 0 spiro atoms. The van der Waals surface area contributed by atoms with Crippen LogP contribution in [0.5, 0.6) is 0 Å². The summed E-state index contributed by atoms with van der Waals surface area (Å²) in [5.41, 5.74) is 2.69. The van der Waals surface area contributed by atoms with Crippen molar-refractivity contribution in [2.24, 2.45) is 10.9 Å². The van der Waals surface area contributed by atoms with E-state index in [1.54, 1.807) is 0 Å². The van der Waals surface area contributed by atoms with Gasteiger partial charge in [0.05, 0.1) is 12.8 Å². The van der Waals surface area contributed by atoms with Crippen molar-refractivity contribution in [2.45, 2.75) is 58.2 Å². The molecule has 4 heteroatoms. The molecule has 1 unspecified atom stereocenters. The fourth-order valence-electron chi connectivity index (χ4n) is 3.84. The topological polar surface area (TPSA) is 36.9 Å². The van der Waals surface area contributed by atoms with Gasteiger partial charge < -0.3 is 15.0 Å². The number of hydrogen-bond donors (Lipinski definition) is 1. The maximum absolute atomic E-state index is 6.00. The summed E-state index contributed by atoms with van der Waals surface area (Å²) in [6, 6.07) is 0.655. The van der Waals surface area contributed by atoms with Gasteiger partial charge in [-0.05, 0) is 76.1 Å². The zero-order chi connectivity index (χ0) is 18.4. The summed E-state index contributed by atoms with van der Waals surface area (Å²) in [4.78, 5) is 7.22. The molecule has 1 fully saturated rings. The molecular formula is C22H33N3O. The van der Waals surface area contributed by atoms with E-state index in [1.165, 1.54) is 37.1 Å². The molecule has 3 aliphatic rings. The van der Waals surface area contributed by atoms with E-state index in [2.05, 4.69) is 47.8 Å². The number of allylic oxidation sites excluding steroid dienone is 5. The molecular weight excluding hydrogens is 322 g/mol. The molecule has 26 heavy (non-hydrogen) atoms. The van der Waals surface area contributed by atoms with Crippen LogP contribution < -0.4 is 5.32 Å². The highest BCUT2D eigenvalue weighted by atomic mass is 16.5. The van der Waals surface area contributed by atoms with Crippen LogP contribution in [0.15, 0.2) is 52.9 Å². The summed E-state index contributed by atoms with van der Waals surface area (Å²) in [6.07, 6.45) is 16.0. The molecule has 0 radical (unpaired) electrons. The summed E-state index contributed by atoms with van der Waals surface area (Å²) in [5.74, 6) is 1.51. The molecule has 2 aliphatic heterocycles. The van der Waals surface area contributed by atoms with Crippen LogP contribution in [0.3, 0.4) is 0 Å². The number of piperidine rings is 1. The van der Waals surface area contributed by atoms with E-state index in [0.29, 0.717) is 12.0 Å². The van der Waals surface area contributed by atoms with Crippen molar-refractivity contribution in [3.8, 4) is 0 Å². The van der Waals surface area contributed by atoms with Crippen molar-refractivity contribution < 1.29 is 4.74 Å². The number of rotatable bonds is 7. The first-order valence-electron chi connectivity index (χ1n) is 10.0. The highest BCUT2D eigenvalue weighted by molar-refractivity contribution is 5.77. The van der Waals surface area contributed by atoms with Gasteiger partial charge >= 0.3 is 0 Å². The van der Waals surface area contributed by atoms with E-state index in [4.69, 9.17) is 4.74 Å². The van der Waals surface area contributed by atoms with Crippen LogP contribution in [0.2, 0.25) is 0 Å². The fourth-order valence-corrected chi connectivity index (χ4v) is 3.84. The molecule has 0 amide bonds. The van der Waals surface area contributed by atoms with Gasteiger partial charge in [0, 0.05) is 12.2 Å². The van der Waals surface area contributed by atoms with Gasteiger partial charge in [-0.3, -0.25) is 4.99 Å². The Morgan fingerprint density at radius 2 is 2.19 bits per heavy atom. The third kappa shape index (κ3) is 5.10. The van der Waals surface area contributed by atoms with Crippen molar-refractivity contribution in [3.63, 3.8) is 0 Å². The molecule has 1 saturated heterocycles.